The number of hydrogen-bond acceptors (Lipinski definition) is 2. The van der Waals surface area contributed by atoms with Gasteiger partial charge in [-0.2, -0.15) is 18.3 Å². The van der Waals surface area contributed by atoms with Gasteiger partial charge in [-0.15, -0.1) is 0 Å². The quantitative estimate of drug-likeness (QED) is 0.838. The fourth-order valence-electron chi connectivity index (χ4n) is 3.13. The van der Waals surface area contributed by atoms with Crippen LogP contribution in [0.1, 0.15) is 46.2 Å². The molecule has 0 unspecified atom stereocenters. The molecule has 1 saturated heterocycles. The van der Waals surface area contributed by atoms with E-state index < -0.39 is 17.8 Å². The molecule has 128 valence electrons. The van der Waals surface area contributed by atoms with E-state index in [1.165, 1.54) is 7.05 Å². The molecule has 1 atom stereocenters. The average molecular weight is 337 g/mol. The van der Waals surface area contributed by atoms with Gasteiger partial charge in [-0.05, 0) is 25.3 Å². The number of aromatic nitrogens is 2. The van der Waals surface area contributed by atoms with Crippen molar-refractivity contribution in [3.8, 4) is 0 Å². The number of hydrogen-bond donors (Lipinski definition) is 0. The van der Waals surface area contributed by atoms with Crippen LogP contribution in [0.4, 0.5) is 13.2 Å². The molecule has 0 bridgehead atoms. The van der Waals surface area contributed by atoms with Crippen LogP contribution in [0.25, 0.3) is 0 Å². The molecule has 1 aliphatic rings. The van der Waals surface area contributed by atoms with Gasteiger partial charge in [-0.25, -0.2) is 0 Å². The summed E-state index contributed by atoms with van der Waals surface area (Å²) in [5, 5.41) is 3.77. The molecule has 7 heteroatoms. The number of likely N-dealkylation sites (tertiary alicyclic amines) is 1. The lowest BCUT2D eigenvalue weighted by Gasteiger charge is -2.24. The van der Waals surface area contributed by atoms with Crippen LogP contribution < -0.4 is 0 Å². The number of carbonyl (C=O) groups is 1. The molecular formula is C17H18F3N3O. The molecule has 1 amide bonds. The Kier molecular flexibility index (Phi) is 4.11. The third-order valence-corrected chi connectivity index (χ3v) is 4.37. The summed E-state index contributed by atoms with van der Waals surface area (Å²) in [5.74, 6) is -0.454. The van der Waals surface area contributed by atoms with Crippen LogP contribution in [0.2, 0.25) is 0 Å². The second kappa shape index (κ2) is 5.96. The molecule has 1 aromatic heterocycles. The van der Waals surface area contributed by atoms with Crippen molar-refractivity contribution in [1.29, 1.82) is 0 Å². The first-order valence-corrected chi connectivity index (χ1v) is 7.76. The lowest BCUT2D eigenvalue weighted by atomic mass is 10.0. The molecule has 2 heterocycles. The number of benzene rings is 1. The second-order valence-electron chi connectivity index (χ2n) is 6.10. The second-order valence-corrected chi connectivity index (χ2v) is 6.10. The summed E-state index contributed by atoms with van der Waals surface area (Å²) in [6.45, 7) is 2.50. The van der Waals surface area contributed by atoms with Crippen molar-refractivity contribution in [2.24, 2.45) is 7.05 Å². The third-order valence-electron chi connectivity index (χ3n) is 4.37. The summed E-state index contributed by atoms with van der Waals surface area (Å²) >= 11 is 0. The summed E-state index contributed by atoms with van der Waals surface area (Å²) in [5.41, 5.74) is 1.04. The number of halogens is 3. The first kappa shape index (κ1) is 16.5. The maximum atomic E-state index is 12.9. The molecule has 0 saturated carbocycles. The molecule has 4 nitrogen and oxygen atoms in total. The Morgan fingerprint density at radius 1 is 1.25 bits per heavy atom. The number of amides is 1. The molecule has 24 heavy (non-hydrogen) atoms. The van der Waals surface area contributed by atoms with E-state index in [1.54, 1.807) is 4.90 Å². The van der Waals surface area contributed by atoms with Gasteiger partial charge in [-0.1, -0.05) is 29.8 Å². The van der Waals surface area contributed by atoms with E-state index in [2.05, 4.69) is 5.10 Å². The summed E-state index contributed by atoms with van der Waals surface area (Å²) in [6, 6.07) is 8.58. The van der Waals surface area contributed by atoms with Crippen LogP contribution in [0.15, 0.2) is 30.3 Å². The van der Waals surface area contributed by atoms with Crippen molar-refractivity contribution in [3.63, 3.8) is 0 Å². The van der Waals surface area contributed by atoms with Crippen molar-refractivity contribution in [2.75, 3.05) is 6.54 Å². The van der Waals surface area contributed by atoms with Gasteiger partial charge in [0.1, 0.15) is 5.69 Å². The SMILES string of the molecule is Cc1ccc([C@H]2CCCN2C(=O)c2cc(C(F)(F)F)n(C)n2)cc1. The third kappa shape index (κ3) is 3.02. The number of carbonyl (C=O) groups excluding carboxylic acids is 1. The largest absolute Gasteiger partial charge is 0.433 e. The standard InChI is InChI=1S/C17H18F3N3O/c1-11-5-7-12(8-6-11)14-4-3-9-23(14)16(24)13-10-15(17(18,19)20)22(2)21-13/h5-8,10,14H,3-4,9H2,1-2H3/t14-/m1/s1. The predicted molar refractivity (Wildman–Crippen MR) is 82.4 cm³/mol. The normalized spacial score (nSPS) is 18.2. The average Bonchev–Trinajstić information content (AvgIpc) is 3.13. The first-order chi connectivity index (χ1) is 11.3. The van der Waals surface area contributed by atoms with E-state index in [1.807, 2.05) is 31.2 Å². The Labute approximate surface area is 137 Å². The Balaban J connectivity index is 1.87. The molecular weight excluding hydrogens is 319 g/mol. The summed E-state index contributed by atoms with van der Waals surface area (Å²) < 4.78 is 39.4. The minimum atomic E-state index is -4.53. The summed E-state index contributed by atoms with van der Waals surface area (Å²) in [4.78, 5) is 14.3. The minimum Gasteiger partial charge on any atom is -0.330 e. The van der Waals surface area contributed by atoms with Gasteiger partial charge in [0.15, 0.2) is 5.69 Å². The Morgan fingerprint density at radius 3 is 2.50 bits per heavy atom. The molecule has 0 N–H and O–H groups in total. The topological polar surface area (TPSA) is 38.1 Å². The highest BCUT2D eigenvalue weighted by molar-refractivity contribution is 5.93. The van der Waals surface area contributed by atoms with E-state index >= 15 is 0 Å². The van der Waals surface area contributed by atoms with Gasteiger partial charge in [0.05, 0.1) is 6.04 Å². The smallest absolute Gasteiger partial charge is 0.330 e. The van der Waals surface area contributed by atoms with E-state index in [0.717, 1.165) is 30.0 Å². The first-order valence-electron chi connectivity index (χ1n) is 7.76. The van der Waals surface area contributed by atoms with E-state index in [0.29, 0.717) is 11.2 Å². The zero-order valence-corrected chi connectivity index (χ0v) is 13.5. The predicted octanol–water partition coefficient (Wildman–Crippen LogP) is 3.72. The lowest BCUT2D eigenvalue weighted by Crippen LogP contribution is -2.31. The molecule has 2 aromatic rings. The van der Waals surface area contributed by atoms with Crippen molar-refractivity contribution in [1.82, 2.24) is 14.7 Å². The fourth-order valence-corrected chi connectivity index (χ4v) is 3.13. The van der Waals surface area contributed by atoms with Crippen molar-refractivity contribution in [2.45, 2.75) is 32.0 Å². The molecule has 1 aromatic carbocycles. The number of alkyl halides is 3. The van der Waals surface area contributed by atoms with Crippen LogP contribution in [0.3, 0.4) is 0 Å². The van der Waals surface area contributed by atoms with Crippen LogP contribution in [0.5, 0.6) is 0 Å². The molecule has 0 radical (unpaired) electrons. The molecule has 1 fully saturated rings. The summed E-state index contributed by atoms with van der Waals surface area (Å²) in [7, 11) is 1.20. The zero-order chi connectivity index (χ0) is 17.5. The van der Waals surface area contributed by atoms with Crippen molar-refractivity contribution < 1.29 is 18.0 Å². The van der Waals surface area contributed by atoms with E-state index in [9.17, 15) is 18.0 Å². The van der Waals surface area contributed by atoms with Crippen molar-refractivity contribution >= 4 is 5.91 Å². The summed E-state index contributed by atoms with van der Waals surface area (Å²) in [6.07, 6.45) is -2.90. The van der Waals surface area contributed by atoms with Gasteiger partial charge in [0.25, 0.3) is 5.91 Å². The van der Waals surface area contributed by atoms with Crippen molar-refractivity contribution in [3.05, 3.63) is 52.8 Å². The highest BCUT2D eigenvalue weighted by Crippen LogP contribution is 2.34. The van der Waals surface area contributed by atoms with Crippen LogP contribution in [-0.4, -0.2) is 27.1 Å². The van der Waals surface area contributed by atoms with Crippen LogP contribution >= 0.6 is 0 Å². The minimum absolute atomic E-state index is 0.116. The Bertz CT molecular complexity index is 749. The van der Waals surface area contributed by atoms with Crippen LogP contribution in [0, 0.1) is 6.92 Å². The monoisotopic (exact) mass is 337 g/mol. The molecule has 0 spiro atoms. The maximum Gasteiger partial charge on any atom is 0.433 e. The Morgan fingerprint density at radius 2 is 1.92 bits per heavy atom. The van der Waals surface area contributed by atoms with Gasteiger partial charge in [0.2, 0.25) is 0 Å². The van der Waals surface area contributed by atoms with Crippen LogP contribution in [-0.2, 0) is 13.2 Å². The van der Waals surface area contributed by atoms with Gasteiger partial charge in [0, 0.05) is 19.7 Å². The number of aryl methyl sites for hydroxylation is 2. The lowest BCUT2D eigenvalue weighted by molar-refractivity contribution is -0.143. The Hall–Kier alpha value is -2.31. The molecule has 3 rings (SSSR count). The highest BCUT2D eigenvalue weighted by atomic mass is 19.4. The molecule has 0 aliphatic carbocycles. The highest BCUT2D eigenvalue weighted by Gasteiger charge is 2.38. The van der Waals surface area contributed by atoms with Gasteiger partial charge < -0.3 is 4.90 Å². The zero-order valence-electron chi connectivity index (χ0n) is 13.5. The van der Waals surface area contributed by atoms with Gasteiger partial charge in [-0.3, -0.25) is 9.48 Å². The van der Waals surface area contributed by atoms with E-state index in [4.69, 9.17) is 0 Å². The number of nitrogens with zero attached hydrogens (tertiary/aromatic N) is 3. The van der Waals surface area contributed by atoms with E-state index in [-0.39, 0.29) is 11.7 Å². The number of rotatable bonds is 2. The fraction of sp³-hybridized carbons (Fsp3) is 0.412. The van der Waals surface area contributed by atoms with Gasteiger partial charge >= 0.3 is 6.18 Å². The maximum absolute atomic E-state index is 12.9. The molecule has 1 aliphatic heterocycles.